The molecule has 0 radical (unpaired) electrons. The van der Waals surface area contributed by atoms with E-state index >= 15 is 0 Å². The SMILES string of the molecule is COC(=O)c1ccc(C(C)N2CCN3C(=O)CCC3C2)o1. The summed E-state index contributed by atoms with van der Waals surface area (Å²) in [6, 6.07) is 3.88. The molecule has 2 aliphatic rings. The maximum absolute atomic E-state index is 11.7. The number of fused-ring (bicyclic) bond motifs is 1. The van der Waals surface area contributed by atoms with E-state index in [9.17, 15) is 9.59 Å². The van der Waals surface area contributed by atoms with Crippen LogP contribution in [0.2, 0.25) is 0 Å². The first kappa shape index (κ1) is 14.1. The fourth-order valence-corrected chi connectivity index (χ4v) is 3.21. The van der Waals surface area contributed by atoms with Crippen LogP contribution in [0.25, 0.3) is 0 Å². The number of carbonyl (C=O) groups is 2. The molecule has 1 aromatic heterocycles. The molecule has 0 saturated carbocycles. The molecule has 2 aliphatic heterocycles. The predicted octanol–water partition coefficient (Wildman–Crippen LogP) is 1.43. The van der Waals surface area contributed by atoms with E-state index in [1.165, 1.54) is 7.11 Å². The van der Waals surface area contributed by atoms with Crippen LogP contribution in [0.4, 0.5) is 0 Å². The molecule has 2 atom stereocenters. The van der Waals surface area contributed by atoms with Crippen LogP contribution >= 0.6 is 0 Å². The van der Waals surface area contributed by atoms with Crippen molar-refractivity contribution in [2.24, 2.45) is 0 Å². The highest BCUT2D eigenvalue weighted by Gasteiger charge is 2.37. The molecule has 0 N–H and O–H groups in total. The molecular formula is C15H20N2O4. The molecular weight excluding hydrogens is 272 g/mol. The molecule has 3 rings (SSSR count). The van der Waals surface area contributed by atoms with Gasteiger partial charge < -0.3 is 14.1 Å². The van der Waals surface area contributed by atoms with Gasteiger partial charge in [-0.2, -0.15) is 0 Å². The van der Waals surface area contributed by atoms with Gasteiger partial charge in [0, 0.05) is 32.1 Å². The average Bonchev–Trinajstić information content (AvgIpc) is 3.13. The third-order valence-electron chi connectivity index (χ3n) is 4.50. The summed E-state index contributed by atoms with van der Waals surface area (Å²) in [4.78, 5) is 27.4. The summed E-state index contributed by atoms with van der Waals surface area (Å²) in [7, 11) is 1.34. The van der Waals surface area contributed by atoms with E-state index in [4.69, 9.17) is 4.42 Å². The second-order valence-electron chi connectivity index (χ2n) is 5.64. The molecule has 1 aromatic rings. The van der Waals surface area contributed by atoms with E-state index < -0.39 is 5.97 Å². The Kier molecular flexibility index (Phi) is 3.71. The van der Waals surface area contributed by atoms with Crippen LogP contribution in [-0.4, -0.2) is 54.5 Å². The van der Waals surface area contributed by atoms with Gasteiger partial charge >= 0.3 is 5.97 Å². The van der Waals surface area contributed by atoms with Crippen molar-refractivity contribution < 1.29 is 18.7 Å². The summed E-state index contributed by atoms with van der Waals surface area (Å²) >= 11 is 0. The van der Waals surface area contributed by atoms with Crippen molar-refractivity contribution in [3.05, 3.63) is 23.7 Å². The highest BCUT2D eigenvalue weighted by molar-refractivity contribution is 5.86. The number of hydrogen-bond donors (Lipinski definition) is 0. The molecule has 2 fully saturated rings. The van der Waals surface area contributed by atoms with Crippen LogP contribution in [0.3, 0.4) is 0 Å². The monoisotopic (exact) mass is 292 g/mol. The van der Waals surface area contributed by atoms with Crippen LogP contribution in [0.1, 0.15) is 42.1 Å². The topological polar surface area (TPSA) is 63.0 Å². The molecule has 0 spiro atoms. The second-order valence-corrected chi connectivity index (χ2v) is 5.64. The van der Waals surface area contributed by atoms with Gasteiger partial charge in [0.2, 0.25) is 11.7 Å². The first-order valence-corrected chi connectivity index (χ1v) is 7.31. The Balaban J connectivity index is 1.68. The van der Waals surface area contributed by atoms with Crippen molar-refractivity contribution in [2.75, 3.05) is 26.7 Å². The lowest BCUT2D eigenvalue weighted by Crippen LogP contribution is -2.51. The summed E-state index contributed by atoms with van der Waals surface area (Å²) in [5.74, 6) is 0.806. The van der Waals surface area contributed by atoms with E-state index in [2.05, 4.69) is 16.6 Å². The molecule has 1 amide bonds. The van der Waals surface area contributed by atoms with E-state index in [-0.39, 0.29) is 17.7 Å². The molecule has 2 saturated heterocycles. The number of hydrogen-bond acceptors (Lipinski definition) is 5. The number of methoxy groups -OCH3 is 1. The number of esters is 1. The standard InChI is InChI=1S/C15H20N2O4/c1-10(12-4-5-13(21-12)15(19)20-2)16-7-8-17-11(9-16)3-6-14(17)18/h4-5,10-11H,3,6-9H2,1-2H3. The Morgan fingerprint density at radius 1 is 1.43 bits per heavy atom. The van der Waals surface area contributed by atoms with Crippen molar-refractivity contribution in [3.8, 4) is 0 Å². The summed E-state index contributed by atoms with van der Waals surface area (Å²) < 4.78 is 10.2. The van der Waals surface area contributed by atoms with E-state index in [0.29, 0.717) is 12.5 Å². The van der Waals surface area contributed by atoms with Crippen molar-refractivity contribution in [1.29, 1.82) is 0 Å². The molecule has 6 heteroatoms. The second kappa shape index (κ2) is 5.52. The van der Waals surface area contributed by atoms with Crippen LogP contribution in [0.5, 0.6) is 0 Å². The molecule has 21 heavy (non-hydrogen) atoms. The Morgan fingerprint density at radius 2 is 2.24 bits per heavy atom. The predicted molar refractivity (Wildman–Crippen MR) is 74.8 cm³/mol. The van der Waals surface area contributed by atoms with Gasteiger partial charge in [0.15, 0.2) is 0 Å². The quantitative estimate of drug-likeness (QED) is 0.789. The number of rotatable bonds is 3. The van der Waals surface area contributed by atoms with Gasteiger partial charge in [0.25, 0.3) is 0 Å². The van der Waals surface area contributed by atoms with Crippen molar-refractivity contribution in [1.82, 2.24) is 9.80 Å². The number of carbonyl (C=O) groups excluding carboxylic acids is 2. The maximum Gasteiger partial charge on any atom is 0.373 e. The van der Waals surface area contributed by atoms with Crippen molar-refractivity contribution >= 4 is 11.9 Å². The molecule has 0 aromatic carbocycles. The third-order valence-corrected chi connectivity index (χ3v) is 4.50. The maximum atomic E-state index is 11.7. The van der Waals surface area contributed by atoms with E-state index in [1.54, 1.807) is 6.07 Å². The Hall–Kier alpha value is -1.82. The fraction of sp³-hybridized carbons (Fsp3) is 0.600. The largest absolute Gasteiger partial charge is 0.463 e. The Bertz CT molecular complexity index is 554. The fourth-order valence-electron chi connectivity index (χ4n) is 3.21. The van der Waals surface area contributed by atoms with E-state index in [1.807, 2.05) is 11.0 Å². The van der Waals surface area contributed by atoms with Crippen LogP contribution in [0.15, 0.2) is 16.5 Å². The lowest BCUT2D eigenvalue weighted by molar-refractivity contribution is -0.131. The molecule has 0 bridgehead atoms. The van der Waals surface area contributed by atoms with Crippen molar-refractivity contribution in [3.63, 3.8) is 0 Å². The number of ether oxygens (including phenoxy) is 1. The highest BCUT2D eigenvalue weighted by atomic mass is 16.5. The van der Waals surface area contributed by atoms with Gasteiger partial charge in [-0.1, -0.05) is 0 Å². The van der Waals surface area contributed by atoms with Gasteiger partial charge in [-0.25, -0.2) is 4.79 Å². The van der Waals surface area contributed by atoms with Crippen LogP contribution < -0.4 is 0 Å². The number of piperazine rings is 1. The molecule has 6 nitrogen and oxygen atoms in total. The average molecular weight is 292 g/mol. The van der Waals surface area contributed by atoms with Crippen LogP contribution in [-0.2, 0) is 9.53 Å². The first-order chi connectivity index (χ1) is 10.1. The summed E-state index contributed by atoms with van der Waals surface area (Å²) in [5, 5.41) is 0. The lowest BCUT2D eigenvalue weighted by atomic mass is 10.1. The zero-order valence-electron chi connectivity index (χ0n) is 12.4. The summed E-state index contributed by atoms with van der Waals surface area (Å²) in [6.07, 6.45) is 1.60. The van der Waals surface area contributed by atoms with Gasteiger partial charge in [-0.15, -0.1) is 0 Å². The number of amides is 1. The number of nitrogens with zero attached hydrogens (tertiary/aromatic N) is 2. The Labute approximate surface area is 123 Å². The summed E-state index contributed by atoms with van der Waals surface area (Å²) in [5.41, 5.74) is 0. The van der Waals surface area contributed by atoms with Gasteiger partial charge in [0.05, 0.1) is 13.2 Å². The van der Waals surface area contributed by atoms with Crippen LogP contribution in [0, 0.1) is 0 Å². The minimum Gasteiger partial charge on any atom is -0.463 e. The summed E-state index contributed by atoms with van der Waals surface area (Å²) in [6.45, 7) is 4.53. The van der Waals surface area contributed by atoms with Gasteiger partial charge in [-0.3, -0.25) is 9.69 Å². The number of furan rings is 1. The normalized spacial score (nSPS) is 24.0. The minimum atomic E-state index is -0.459. The molecule has 114 valence electrons. The zero-order chi connectivity index (χ0) is 15.0. The van der Waals surface area contributed by atoms with Gasteiger partial charge in [0.1, 0.15) is 5.76 Å². The van der Waals surface area contributed by atoms with Gasteiger partial charge in [-0.05, 0) is 25.5 Å². The first-order valence-electron chi connectivity index (χ1n) is 7.31. The molecule has 3 heterocycles. The van der Waals surface area contributed by atoms with Crippen molar-refractivity contribution in [2.45, 2.75) is 31.8 Å². The molecule has 2 unspecified atom stereocenters. The lowest BCUT2D eigenvalue weighted by Gasteiger charge is -2.39. The minimum absolute atomic E-state index is 0.0845. The highest BCUT2D eigenvalue weighted by Crippen LogP contribution is 2.29. The zero-order valence-corrected chi connectivity index (χ0v) is 12.4. The molecule has 0 aliphatic carbocycles. The van der Waals surface area contributed by atoms with E-state index in [0.717, 1.165) is 31.8 Å². The Morgan fingerprint density at radius 3 is 3.00 bits per heavy atom. The third kappa shape index (κ3) is 2.55. The smallest absolute Gasteiger partial charge is 0.373 e.